The van der Waals surface area contributed by atoms with Gasteiger partial charge in [0, 0.05) is 13.1 Å². The second-order valence-corrected chi connectivity index (χ2v) is 8.58. The highest BCUT2D eigenvalue weighted by Crippen LogP contribution is 2.53. The zero-order chi connectivity index (χ0) is 18.3. The highest BCUT2D eigenvalue weighted by molar-refractivity contribution is 7.13. The summed E-state index contributed by atoms with van der Waals surface area (Å²) in [5, 5.41) is 6.63. The SMILES string of the molecule is O=C(c1nc(-c2cccs2)n(-c2ccccc2)n1)N1CCCC2(CC1)CC2. The number of hydrogen-bond acceptors (Lipinski definition) is 4. The first-order valence-corrected chi connectivity index (χ1v) is 10.5. The van der Waals surface area contributed by atoms with Crippen LogP contribution < -0.4 is 0 Å². The largest absolute Gasteiger partial charge is 0.336 e. The van der Waals surface area contributed by atoms with Crippen LogP contribution in [0.2, 0.25) is 0 Å². The van der Waals surface area contributed by atoms with E-state index in [2.05, 4.69) is 10.1 Å². The van der Waals surface area contributed by atoms with Crippen LogP contribution in [0.5, 0.6) is 0 Å². The summed E-state index contributed by atoms with van der Waals surface area (Å²) in [6.45, 7) is 1.64. The molecule has 0 N–H and O–H groups in total. The Morgan fingerprint density at radius 3 is 2.59 bits per heavy atom. The Bertz CT molecular complexity index is 944. The monoisotopic (exact) mass is 378 g/mol. The van der Waals surface area contributed by atoms with Crippen LogP contribution in [-0.2, 0) is 0 Å². The van der Waals surface area contributed by atoms with Crippen LogP contribution in [0.25, 0.3) is 16.4 Å². The number of likely N-dealkylation sites (tertiary alicyclic amines) is 1. The molecule has 138 valence electrons. The second-order valence-electron chi connectivity index (χ2n) is 7.63. The van der Waals surface area contributed by atoms with Crippen molar-refractivity contribution in [3.05, 3.63) is 53.7 Å². The van der Waals surface area contributed by atoms with Gasteiger partial charge in [-0.15, -0.1) is 16.4 Å². The van der Waals surface area contributed by atoms with E-state index >= 15 is 0 Å². The van der Waals surface area contributed by atoms with Gasteiger partial charge in [-0.25, -0.2) is 9.67 Å². The van der Waals surface area contributed by atoms with Crippen molar-refractivity contribution in [1.29, 1.82) is 0 Å². The first kappa shape index (κ1) is 16.7. The first-order chi connectivity index (χ1) is 13.2. The summed E-state index contributed by atoms with van der Waals surface area (Å²) >= 11 is 1.61. The highest BCUT2D eigenvalue weighted by atomic mass is 32.1. The number of carbonyl (C=O) groups is 1. The van der Waals surface area contributed by atoms with Gasteiger partial charge in [-0.1, -0.05) is 24.3 Å². The maximum Gasteiger partial charge on any atom is 0.293 e. The summed E-state index contributed by atoms with van der Waals surface area (Å²) in [6, 6.07) is 13.9. The molecule has 5 rings (SSSR count). The third-order valence-corrected chi connectivity index (χ3v) is 6.70. The minimum Gasteiger partial charge on any atom is -0.336 e. The Kier molecular flexibility index (Phi) is 4.08. The summed E-state index contributed by atoms with van der Waals surface area (Å²) in [5.41, 5.74) is 1.45. The van der Waals surface area contributed by atoms with Gasteiger partial charge in [0.1, 0.15) is 0 Å². The van der Waals surface area contributed by atoms with Crippen LogP contribution in [0.3, 0.4) is 0 Å². The van der Waals surface area contributed by atoms with Crippen molar-refractivity contribution < 1.29 is 4.79 Å². The average molecular weight is 379 g/mol. The molecular weight excluding hydrogens is 356 g/mol. The molecule has 5 nitrogen and oxygen atoms in total. The average Bonchev–Trinajstić information content (AvgIpc) is 3.12. The summed E-state index contributed by atoms with van der Waals surface area (Å²) in [7, 11) is 0. The predicted molar refractivity (Wildman–Crippen MR) is 106 cm³/mol. The third kappa shape index (κ3) is 3.18. The van der Waals surface area contributed by atoms with E-state index < -0.39 is 0 Å². The summed E-state index contributed by atoms with van der Waals surface area (Å²) < 4.78 is 1.79. The maximum atomic E-state index is 13.1. The van der Waals surface area contributed by atoms with Gasteiger partial charge >= 0.3 is 0 Å². The van der Waals surface area contributed by atoms with E-state index in [0.29, 0.717) is 11.2 Å². The van der Waals surface area contributed by atoms with Crippen LogP contribution in [0.4, 0.5) is 0 Å². The van der Waals surface area contributed by atoms with Crippen molar-refractivity contribution in [2.45, 2.75) is 32.1 Å². The minimum absolute atomic E-state index is 0.0415. The summed E-state index contributed by atoms with van der Waals surface area (Å²) in [6.07, 6.45) is 6.12. The topological polar surface area (TPSA) is 51.0 Å². The van der Waals surface area contributed by atoms with E-state index in [1.807, 2.05) is 52.7 Å². The number of carbonyl (C=O) groups excluding carboxylic acids is 1. The maximum absolute atomic E-state index is 13.1. The molecule has 27 heavy (non-hydrogen) atoms. The van der Waals surface area contributed by atoms with E-state index in [0.717, 1.165) is 42.3 Å². The van der Waals surface area contributed by atoms with Gasteiger partial charge < -0.3 is 4.90 Å². The fourth-order valence-corrected chi connectivity index (χ4v) is 4.69. The number of para-hydroxylation sites is 1. The lowest BCUT2D eigenvalue weighted by Crippen LogP contribution is -2.33. The number of hydrogen-bond donors (Lipinski definition) is 0. The first-order valence-electron chi connectivity index (χ1n) is 9.60. The number of aromatic nitrogens is 3. The lowest BCUT2D eigenvalue weighted by atomic mass is 9.98. The molecule has 0 atom stereocenters. The molecule has 1 aliphatic heterocycles. The molecule has 0 radical (unpaired) electrons. The Hall–Kier alpha value is -2.47. The van der Waals surface area contributed by atoms with Gasteiger partial charge in [0.2, 0.25) is 5.82 Å². The van der Waals surface area contributed by atoms with Crippen molar-refractivity contribution in [2.75, 3.05) is 13.1 Å². The Balaban J connectivity index is 1.48. The number of thiophene rings is 1. The lowest BCUT2D eigenvalue weighted by Gasteiger charge is -2.18. The number of rotatable bonds is 3. The molecule has 1 aromatic carbocycles. The quantitative estimate of drug-likeness (QED) is 0.679. The molecule has 1 aliphatic carbocycles. The molecule has 0 bridgehead atoms. The molecule has 3 aromatic rings. The van der Waals surface area contributed by atoms with Crippen LogP contribution in [0.15, 0.2) is 47.8 Å². The van der Waals surface area contributed by atoms with Crippen molar-refractivity contribution in [2.24, 2.45) is 5.41 Å². The van der Waals surface area contributed by atoms with Crippen LogP contribution in [0.1, 0.15) is 42.7 Å². The standard InChI is InChI=1S/C21H22N4OS/c26-20(24-13-5-9-21(10-11-21)12-14-24)18-22-19(17-8-4-15-27-17)25(23-18)16-6-2-1-3-7-16/h1-4,6-8,15H,5,9-14H2. The zero-order valence-electron chi connectivity index (χ0n) is 15.2. The molecule has 2 aromatic heterocycles. The van der Waals surface area contributed by atoms with E-state index in [-0.39, 0.29) is 5.91 Å². The smallest absolute Gasteiger partial charge is 0.293 e. The number of amides is 1. The van der Waals surface area contributed by atoms with E-state index in [9.17, 15) is 4.79 Å². The second kappa shape index (κ2) is 6.60. The van der Waals surface area contributed by atoms with Crippen molar-refractivity contribution in [3.8, 4) is 16.4 Å². The van der Waals surface area contributed by atoms with Gasteiger partial charge in [-0.3, -0.25) is 4.79 Å². The number of nitrogens with zero attached hydrogens (tertiary/aromatic N) is 4. The van der Waals surface area contributed by atoms with Crippen molar-refractivity contribution >= 4 is 17.2 Å². The fourth-order valence-electron chi connectivity index (χ4n) is 3.99. The van der Waals surface area contributed by atoms with E-state index in [1.165, 1.54) is 19.3 Å². The van der Waals surface area contributed by atoms with E-state index in [1.54, 1.807) is 16.0 Å². The van der Waals surface area contributed by atoms with Crippen LogP contribution in [0, 0.1) is 5.41 Å². The molecule has 3 heterocycles. The van der Waals surface area contributed by atoms with Crippen LogP contribution >= 0.6 is 11.3 Å². The molecule has 6 heteroatoms. The summed E-state index contributed by atoms with van der Waals surface area (Å²) in [5.74, 6) is 0.988. The van der Waals surface area contributed by atoms with Gasteiger partial charge in [0.25, 0.3) is 5.91 Å². The molecule has 0 unspecified atom stereocenters. The van der Waals surface area contributed by atoms with Crippen molar-refractivity contribution in [3.63, 3.8) is 0 Å². The summed E-state index contributed by atoms with van der Waals surface area (Å²) in [4.78, 5) is 20.8. The van der Waals surface area contributed by atoms with Gasteiger partial charge in [-0.2, -0.15) is 0 Å². The molecule has 1 spiro atoms. The Labute approximate surface area is 162 Å². The van der Waals surface area contributed by atoms with Crippen molar-refractivity contribution in [1.82, 2.24) is 19.7 Å². The zero-order valence-corrected chi connectivity index (χ0v) is 16.0. The van der Waals surface area contributed by atoms with Crippen LogP contribution in [-0.4, -0.2) is 38.7 Å². The van der Waals surface area contributed by atoms with Gasteiger partial charge in [-0.05, 0) is 61.1 Å². The minimum atomic E-state index is -0.0415. The molecule has 1 saturated carbocycles. The number of benzene rings is 1. The van der Waals surface area contributed by atoms with E-state index in [4.69, 9.17) is 0 Å². The molecule has 1 saturated heterocycles. The lowest BCUT2D eigenvalue weighted by molar-refractivity contribution is 0.0747. The molecule has 1 amide bonds. The molecule has 2 aliphatic rings. The molecule has 2 fully saturated rings. The van der Waals surface area contributed by atoms with Gasteiger partial charge in [0.05, 0.1) is 10.6 Å². The fraction of sp³-hybridized carbons (Fsp3) is 0.381. The normalized spacial score (nSPS) is 18.4. The Morgan fingerprint density at radius 2 is 1.85 bits per heavy atom. The molecular formula is C21H22N4OS. The highest BCUT2D eigenvalue weighted by Gasteiger charge is 2.43. The third-order valence-electron chi connectivity index (χ3n) is 5.83. The van der Waals surface area contributed by atoms with Gasteiger partial charge in [0.15, 0.2) is 5.82 Å². The Morgan fingerprint density at radius 1 is 1.00 bits per heavy atom. The predicted octanol–water partition coefficient (Wildman–Crippen LogP) is 4.40.